The Bertz CT molecular complexity index is 959. The van der Waals surface area contributed by atoms with Gasteiger partial charge in [0.1, 0.15) is 5.82 Å². The zero-order chi connectivity index (χ0) is 20.8. The lowest BCUT2D eigenvalue weighted by atomic mass is 10.1. The number of aromatic nitrogens is 4. The second-order valence-electron chi connectivity index (χ2n) is 7.07. The summed E-state index contributed by atoms with van der Waals surface area (Å²) in [7, 11) is 5.84. The number of halogens is 1. The molecule has 3 aromatic rings. The van der Waals surface area contributed by atoms with Crippen molar-refractivity contribution in [1.29, 1.82) is 0 Å². The molecule has 7 nitrogen and oxygen atoms in total. The Morgan fingerprint density at radius 1 is 1.20 bits per heavy atom. The van der Waals surface area contributed by atoms with Gasteiger partial charge in [0.2, 0.25) is 0 Å². The Morgan fingerprint density at radius 3 is 2.57 bits per heavy atom. The van der Waals surface area contributed by atoms with Crippen molar-refractivity contribution in [3.05, 3.63) is 59.3 Å². The summed E-state index contributed by atoms with van der Waals surface area (Å²) >= 11 is 0. The number of nitrogens with one attached hydrogen (secondary N) is 2. The highest BCUT2D eigenvalue weighted by atomic mass is 127. The SMILES string of the molecule is CCc1nn(C)c(CC)c1CNC(=NC)N(C)Cc1ncc(-c2ccccc2)[nH]1.I. The predicted molar refractivity (Wildman–Crippen MR) is 133 cm³/mol. The molecule has 0 amide bonds. The van der Waals surface area contributed by atoms with E-state index in [4.69, 9.17) is 0 Å². The van der Waals surface area contributed by atoms with Crippen LogP contribution in [-0.4, -0.2) is 44.7 Å². The van der Waals surface area contributed by atoms with Crippen LogP contribution in [0.15, 0.2) is 41.5 Å². The molecule has 2 aromatic heterocycles. The molecule has 0 aliphatic heterocycles. The summed E-state index contributed by atoms with van der Waals surface area (Å²) in [6.07, 6.45) is 3.77. The summed E-state index contributed by atoms with van der Waals surface area (Å²) < 4.78 is 2.00. The largest absolute Gasteiger partial charge is 0.352 e. The van der Waals surface area contributed by atoms with Crippen LogP contribution in [0.2, 0.25) is 0 Å². The van der Waals surface area contributed by atoms with Crippen LogP contribution in [0, 0.1) is 0 Å². The Morgan fingerprint density at radius 2 is 1.93 bits per heavy atom. The fourth-order valence-electron chi connectivity index (χ4n) is 3.65. The molecule has 0 fully saturated rings. The van der Waals surface area contributed by atoms with Crippen molar-refractivity contribution in [1.82, 2.24) is 30.0 Å². The summed E-state index contributed by atoms with van der Waals surface area (Å²) in [6.45, 7) is 5.67. The Hall–Kier alpha value is -2.36. The lowest BCUT2D eigenvalue weighted by Gasteiger charge is -2.21. The molecule has 3 rings (SSSR count). The maximum absolute atomic E-state index is 4.66. The van der Waals surface area contributed by atoms with Crippen LogP contribution < -0.4 is 5.32 Å². The van der Waals surface area contributed by atoms with Gasteiger partial charge in [-0.05, 0) is 18.4 Å². The molecule has 0 bridgehead atoms. The van der Waals surface area contributed by atoms with Crippen molar-refractivity contribution in [3.8, 4) is 11.3 Å². The van der Waals surface area contributed by atoms with E-state index in [-0.39, 0.29) is 24.0 Å². The highest BCUT2D eigenvalue weighted by Gasteiger charge is 2.15. The van der Waals surface area contributed by atoms with E-state index in [1.165, 1.54) is 11.3 Å². The monoisotopic (exact) mass is 521 g/mol. The molecular weight excluding hydrogens is 489 g/mol. The number of H-pyrrole nitrogens is 1. The van der Waals surface area contributed by atoms with Crippen LogP contribution in [-0.2, 0) is 33.0 Å². The van der Waals surface area contributed by atoms with Gasteiger partial charge in [-0.25, -0.2) is 4.98 Å². The zero-order valence-corrected chi connectivity index (χ0v) is 20.8. The van der Waals surface area contributed by atoms with Crippen molar-refractivity contribution in [2.45, 2.75) is 39.8 Å². The van der Waals surface area contributed by atoms with Crippen LogP contribution in [0.1, 0.15) is 36.6 Å². The fraction of sp³-hybridized carbons (Fsp3) is 0.409. The molecule has 8 heteroatoms. The fourth-order valence-corrected chi connectivity index (χ4v) is 3.65. The predicted octanol–water partition coefficient (Wildman–Crippen LogP) is 3.76. The molecule has 2 heterocycles. The smallest absolute Gasteiger partial charge is 0.194 e. The topological polar surface area (TPSA) is 74.1 Å². The van der Waals surface area contributed by atoms with E-state index in [0.29, 0.717) is 13.1 Å². The van der Waals surface area contributed by atoms with E-state index in [2.05, 4.69) is 56.3 Å². The third-order valence-electron chi connectivity index (χ3n) is 5.12. The number of hydrogen-bond donors (Lipinski definition) is 2. The summed E-state index contributed by atoms with van der Waals surface area (Å²) in [5.74, 6) is 1.73. The van der Waals surface area contributed by atoms with Crippen molar-refractivity contribution in [2.24, 2.45) is 12.0 Å². The summed E-state index contributed by atoms with van der Waals surface area (Å²) in [6, 6.07) is 10.2. The Kier molecular flexibility index (Phi) is 8.88. The van der Waals surface area contributed by atoms with Gasteiger partial charge in [0.15, 0.2) is 5.96 Å². The van der Waals surface area contributed by atoms with Crippen LogP contribution in [0.4, 0.5) is 0 Å². The third-order valence-corrected chi connectivity index (χ3v) is 5.12. The quantitative estimate of drug-likeness (QED) is 0.282. The number of aromatic amines is 1. The molecular formula is C22H32IN7. The summed E-state index contributed by atoms with van der Waals surface area (Å²) in [5.41, 5.74) is 5.84. The molecule has 0 atom stereocenters. The van der Waals surface area contributed by atoms with E-state index in [0.717, 1.165) is 41.6 Å². The average Bonchev–Trinajstić information content (AvgIpc) is 3.32. The highest BCUT2D eigenvalue weighted by Crippen LogP contribution is 2.17. The highest BCUT2D eigenvalue weighted by molar-refractivity contribution is 14.0. The molecule has 0 unspecified atom stereocenters. The second kappa shape index (κ2) is 11.1. The van der Waals surface area contributed by atoms with Gasteiger partial charge in [-0.1, -0.05) is 44.2 Å². The van der Waals surface area contributed by atoms with Crippen molar-refractivity contribution in [2.75, 3.05) is 14.1 Å². The molecule has 0 spiro atoms. The summed E-state index contributed by atoms with van der Waals surface area (Å²) in [5, 5.41) is 8.14. The van der Waals surface area contributed by atoms with Gasteiger partial charge in [-0.3, -0.25) is 9.67 Å². The lowest BCUT2D eigenvalue weighted by Crippen LogP contribution is -2.38. The van der Waals surface area contributed by atoms with Gasteiger partial charge in [-0.2, -0.15) is 5.10 Å². The van der Waals surface area contributed by atoms with E-state index in [1.807, 2.05) is 43.2 Å². The molecule has 1 aromatic carbocycles. The van der Waals surface area contributed by atoms with E-state index in [9.17, 15) is 0 Å². The van der Waals surface area contributed by atoms with Crippen molar-refractivity contribution in [3.63, 3.8) is 0 Å². The molecule has 2 N–H and O–H groups in total. The molecule has 30 heavy (non-hydrogen) atoms. The van der Waals surface area contributed by atoms with Crippen LogP contribution in [0.25, 0.3) is 11.3 Å². The number of aliphatic imine (C=N–C) groups is 1. The second-order valence-corrected chi connectivity index (χ2v) is 7.07. The first-order valence-electron chi connectivity index (χ1n) is 10.1. The standard InChI is InChI=1S/C22H31N7.HI/c1-6-18-17(20(7-2)29(5)27-18)13-25-22(23-3)28(4)15-21-24-14-19(26-21)16-11-9-8-10-12-16;/h8-12,14H,6-7,13,15H2,1-5H3,(H,23,25)(H,24,26);1H. The minimum absolute atomic E-state index is 0. The van der Waals surface area contributed by atoms with Crippen molar-refractivity contribution < 1.29 is 0 Å². The number of aryl methyl sites for hydroxylation is 2. The normalized spacial score (nSPS) is 11.3. The maximum Gasteiger partial charge on any atom is 0.194 e. The van der Waals surface area contributed by atoms with E-state index in [1.54, 1.807) is 7.05 Å². The molecule has 0 aliphatic carbocycles. The number of hydrogen-bond acceptors (Lipinski definition) is 3. The van der Waals surface area contributed by atoms with Gasteiger partial charge in [0.05, 0.1) is 24.1 Å². The first-order valence-corrected chi connectivity index (χ1v) is 10.1. The van der Waals surface area contributed by atoms with Gasteiger partial charge < -0.3 is 15.2 Å². The third kappa shape index (κ3) is 5.41. The molecule has 162 valence electrons. The Labute approximate surface area is 196 Å². The number of imidazole rings is 1. The first-order chi connectivity index (χ1) is 14.1. The van der Waals surface area contributed by atoms with E-state index >= 15 is 0 Å². The van der Waals surface area contributed by atoms with Crippen molar-refractivity contribution >= 4 is 29.9 Å². The van der Waals surface area contributed by atoms with E-state index < -0.39 is 0 Å². The Balaban J connectivity index is 0.00000320. The number of rotatable bonds is 7. The molecule has 0 saturated heterocycles. The van der Waals surface area contributed by atoms with Gasteiger partial charge in [0, 0.05) is 38.9 Å². The molecule has 0 aliphatic rings. The number of benzene rings is 1. The number of nitrogens with zero attached hydrogens (tertiary/aromatic N) is 5. The minimum Gasteiger partial charge on any atom is -0.352 e. The van der Waals surface area contributed by atoms with Crippen LogP contribution in [0.5, 0.6) is 0 Å². The summed E-state index contributed by atoms with van der Waals surface area (Å²) in [4.78, 5) is 14.5. The minimum atomic E-state index is 0. The first kappa shape index (κ1) is 23.9. The van der Waals surface area contributed by atoms with Gasteiger partial charge in [-0.15, -0.1) is 24.0 Å². The maximum atomic E-state index is 4.66. The van der Waals surface area contributed by atoms with Gasteiger partial charge >= 0.3 is 0 Å². The van der Waals surface area contributed by atoms with Crippen LogP contribution in [0.3, 0.4) is 0 Å². The zero-order valence-electron chi connectivity index (χ0n) is 18.4. The van der Waals surface area contributed by atoms with Crippen LogP contribution >= 0.6 is 24.0 Å². The number of guanidine groups is 1. The van der Waals surface area contributed by atoms with Gasteiger partial charge in [0.25, 0.3) is 0 Å². The average molecular weight is 521 g/mol. The molecule has 0 radical (unpaired) electrons. The molecule has 0 saturated carbocycles. The lowest BCUT2D eigenvalue weighted by molar-refractivity contribution is 0.463.